The van der Waals surface area contributed by atoms with Crippen molar-refractivity contribution in [1.29, 1.82) is 5.26 Å². The smallest absolute Gasteiger partial charge is 0.246 e. The first kappa shape index (κ1) is 23.7. The SMILES string of the molecule is CN(C)C(=O)C(N)c1nccc(C(c2cccc(C#N)c2)C(c2cccnc2)c2cccnc2)n1. The van der Waals surface area contributed by atoms with Crippen LogP contribution in [0.25, 0.3) is 0 Å². The highest BCUT2D eigenvalue weighted by Gasteiger charge is 2.31. The minimum atomic E-state index is -0.994. The Bertz CT molecular complexity index is 1300. The highest BCUT2D eigenvalue weighted by atomic mass is 16.2. The van der Waals surface area contributed by atoms with Crippen LogP contribution in [0.4, 0.5) is 0 Å². The summed E-state index contributed by atoms with van der Waals surface area (Å²) in [5, 5.41) is 9.56. The predicted octanol–water partition coefficient (Wildman–Crippen LogP) is 3.19. The van der Waals surface area contributed by atoms with E-state index in [0.29, 0.717) is 11.3 Å². The van der Waals surface area contributed by atoms with E-state index < -0.39 is 6.04 Å². The van der Waals surface area contributed by atoms with Crippen molar-refractivity contribution in [3.8, 4) is 6.07 Å². The molecule has 3 aromatic heterocycles. The van der Waals surface area contributed by atoms with Crippen LogP contribution in [0.3, 0.4) is 0 Å². The molecule has 0 aliphatic heterocycles. The molecule has 0 saturated heterocycles. The van der Waals surface area contributed by atoms with E-state index in [9.17, 15) is 10.1 Å². The number of likely N-dealkylation sites (N-methyl/N-ethyl adjacent to an activating group) is 1. The Labute approximate surface area is 204 Å². The molecule has 0 fully saturated rings. The van der Waals surface area contributed by atoms with Gasteiger partial charge in [-0.3, -0.25) is 14.8 Å². The lowest BCUT2D eigenvalue weighted by Crippen LogP contribution is -2.34. The lowest BCUT2D eigenvalue weighted by Gasteiger charge is -2.28. The number of rotatable bonds is 7. The minimum Gasteiger partial charge on any atom is -0.347 e. The molecule has 0 radical (unpaired) electrons. The molecule has 35 heavy (non-hydrogen) atoms. The maximum Gasteiger partial charge on any atom is 0.246 e. The van der Waals surface area contributed by atoms with Crippen molar-refractivity contribution in [3.05, 3.63) is 119 Å². The van der Waals surface area contributed by atoms with Crippen LogP contribution in [0.5, 0.6) is 0 Å². The van der Waals surface area contributed by atoms with Crippen molar-refractivity contribution < 1.29 is 4.79 Å². The highest BCUT2D eigenvalue weighted by Crippen LogP contribution is 2.42. The van der Waals surface area contributed by atoms with Gasteiger partial charge >= 0.3 is 0 Å². The van der Waals surface area contributed by atoms with E-state index in [4.69, 9.17) is 10.7 Å². The molecule has 1 amide bonds. The number of aromatic nitrogens is 4. The molecule has 0 aliphatic carbocycles. The molecule has 4 rings (SSSR count). The number of nitrogens with two attached hydrogens (primary N) is 1. The van der Waals surface area contributed by atoms with Crippen molar-refractivity contribution in [1.82, 2.24) is 24.8 Å². The van der Waals surface area contributed by atoms with E-state index in [2.05, 4.69) is 21.0 Å². The third-order valence-electron chi connectivity index (χ3n) is 5.79. The normalized spacial score (nSPS) is 12.5. The summed E-state index contributed by atoms with van der Waals surface area (Å²) in [5.41, 5.74) is 10.2. The number of hydrogen-bond acceptors (Lipinski definition) is 7. The Morgan fingerprint density at radius 2 is 1.57 bits per heavy atom. The fraction of sp³-hybridized carbons (Fsp3) is 0.185. The number of amides is 1. The van der Waals surface area contributed by atoms with Crippen molar-refractivity contribution in [2.45, 2.75) is 17.9 Å². The summed E-state index contributed by atoms with van der Waals surface area (Å²) < 4.78 is 0. The summed E-state index contributed by atoms with van der Waals surface area (Å²) in [7, 11) is 3.28. The van der Waals surface area contributed by atoms with Gasteiger partial charge in [-0.2, -0.15) is 5.26 Å². The molecular formula is C27H25N7O. The van der Waals surface area contributed by atoms with Gasteiger partial charge in [-0.25, -0.2) is 9.97 Å². The second-order valence-electron chi connectivity index (χ2n) is 8.32. The summed E-state index contributed by atoms with van der Waals surface area (Å²) in [6, 6.07) is 18.3. The van der Waals surface area contributed by atoms with Crippen molar-refractivity contribution in [2.24, 2.45) is 5.73 Å². The predicted molar refractivity (Wildman–Crippen MR) is 131 cm³/mol. The number of nitriles is 1. The largest absolute Gasteiger partial charge is 0.347 e. The number of pyridine rings is 2. The molecule has 0 aliphatic rings. The van der Waals surface area contributed by atoms with Crippen LogP contribution >= 0.6 is 0 Å². The average Bonchev–Trinajstić information content (AvgIpc) is 2.91. The first-order chi connectivity index (χ1) is 17.0. The van der Waals surface area contributed by atoms with E-state index in [-0.39, 0.29) is 23.6 Å². The lowest BCUT2D eigenvalue weighted by molar-refractivity contribution is -0.130. The number of benzene rings is 1. The van der Waals surface area contributed by atoms with Gasteiger partial charge in [-0.15, -0.1) is 0 Å². The Balaban J connectivity index is 1.93. The maximum absolute atomic E-state index is 12.5. The van der Waals surface area contributed by atoms with Crippen LogP contribution in [0, 0.1) is 11.3 Å². The lowest BCUT2D eigenvalue weighted by atomic mass is 9.76. The fourth-order valence-electron chi connectivity index (χ4n) is 4.13. The number of carbonyl (C=O) groups excluding carboxylic acids is 1. The van der Waals surface area contributed by atoms with Crippen LogP contribution in [0.15, 0.2) is 85.6 Å². The summed E-state index contributed by atoms with van der Waals surface area (Å²) in [4.78, 5) is 31.7. The molecule has 4 aromatic rings. The van der Waals surface area contributed by atoms with Crippen LogP contribution in [-0.2, 0) is 4.79 Å². The summed E-state index contributed by atoms with van der Waals surface area (Å²) in [5.74, 6) is -0.616. The van der Waals surface area contributed by atoms with Gasteiger partial charge in [0.1, 0.15) is 6.04 Å². The zero-order chi connectivity index (χ0) is 24.8. The first-order valence-electron chi connectivity index (χ1n) is 11.1. The zero-order valence-corrected chi connectivity index (χ0v) is 19.5. The molecule has 8 heteroatoms. The molecular weight excluding hydrogens is 438 g/mol. The van der Waals surface area contributed by atoms with Crippen molar-refractivity contribution >= 4 is 5.91 Å². The van der Waals surface area contributed by atoms with Gasteiger partial charge in [-0.1, -0.05) is 24.3 Å². The second kappa shape index (κ2) is 10.6. The average molecular weight is 464 g/mol. The molecule has 174 valence electrons. The van der Waals surface area contributed by atoms with Crippen LogP contribution in [0.1, 0.15) is 51.6 Å². The molecule has 3 heterocycles. The molecule has 0 saturated carbocycles. The van der Waals surface area contributed by atoms with Crippen molar-refractivity contribution in [3.63, 3.8) is 0 Å². The monoisotopic (exact) mass is 463 g/mol. The molecule has 0 bridgehead atoms. The molecule has 2 N–H and O–H groups in total. The number of nitrogens with zero attached hydrogens (tertiary/aromatic N) is 6. The highest BCUT2D eigenvalue weighted by molar-refractivity contribution is 5.81. The van der Waals surface area contributed by atoms with Crippen LogP contribution in [0.2, 0.25) is 0 Å². The molecule has 2 unspecified atom stereocenters. The van der Waals surface area contributed by atoms with E-state index in [1.807, 2.05) is 60.9 Å². The summed E-state index contributed by atoms with van der Waals surface area (Å²) in [6.07, 6.45) is 8.71. The zero-order valence-electron chi connectivity index (χ0n) is 19.5. The van der Waals surface area contributed by atoms with E-state index in [1.54, 1.807) is 38.8 Å². The molecule has 8 nitrogen and oxygen atoms in total. The van der Waals surface area contributed by atoms with Gasteiger partial charge in [0.15, 0.2) is 5.82 Å². The first-order valence-corrected chi connectivity index (χ1v) is 11.1. The topological polar surface area (TPSA) is 122 Å². The number of carbonyl (C=O) groups is 1. The van der Waals surface area contributed by atoms with Gasteiger partial charge in [-0.05, 0) is 47.0 Å². The Morgan fingerprint density at radius 1 is 0.914 bits per heavy atom. The third-order valence-corrected chi connectivity index (χ3v) is 5.79. The minimum absolute atomic E-state index is 0.227. The fourth-order valence-corrected chi connectivity index (χ4v) is 4.13. The molecule has 0 spiro atoms. The van der Waals surface area contributed by atoms with Crippen LogP contribution < -0.4 is 5.73 Å². The summed E-state index contributed by atoms with van der Waals surface area (Å²) >= 11 is 0. The van der Waals surface area contributed by atoms with Gasteiger partial charge in [0.05, 0.1) is 17.3 Å². The maximum atomic E-state index is 12.5. The molecule has 2 atom stereocenters. The standard InChI is InChI=1S/C27H25N7O/c1-34(2)27(35)25(29)26-32-13-10-22(33-26)24(19-7-3-6-18(14-19)15-28)23(20-8-4-11-30-16-20)21-9-5-12-31-17-21/h3-14,16-17,23-25H,29H2,1-2H3. The van der Waals surface area contributed by atoms with Crippen LogP contribution in [-0.4, -0.2) is 44.8 Å². The van der Waals surface area contributed by atoms with E-state index >= 15 is 0 Å². The summed E-state index contributed by atoms with van der Waals surface area (Å²) in [6.45, 7) is 0. The van der Waals surface area contributed by atoms with E-state index in [0.717, 1.165) is 16.7 Å². The van der Waals surface area contributed by atoms with Gasteiger partial charge in [0, 0.05) is 56.9 Å². The number of hydrogen-bond donors (Lipinski definition) is 1. The van der Waals surface area contributed by atoms with Gasteiger partial charge in [0.2, 0.25) is 5.91 Å². The quantitative estimate of drug-likeness (QED) is 0.447. The van der Waals surface area contributed by atoms with Gasteiger partial charge < -0.3 is 10.6 Å². The van der Waals surface area contributed by atoms with Crippen molar-refractivity contribution in [2.75, 3.05) is 14.1 Å². The molecule has 1 aromatic carbocycles. The Morgan fingerprint density at radius 3 is 2.14 bits per heavy atom. The Kier molecular flexibility index (Phi) is 7.19. The second-order valence-corrected chi connectivity index (χ2v) is 8.32. The van der Waals surface area contributed by atoms with Gasteiger partial charge in [0.25, 0.3) is 0 Å². The Hall–Kier alpha value is -4.48. The van der Waals surface area contributed by atoms with E-state index in [1.165, 1.54) is 4.90 Å². The third kappa shape index (κ3) is 5.21.